The molecule has 0 amide bonds. The summed E-state index contributed by atoms with van der Waals surface area (Å²) in [5.74, 6) is 0. The van der Waals surface area contributed by atoms with E-state index in [0.29, 0.717) is 0 Å². The van der Waals surface area contributed by atoms with Crippen LogP contribution < -0.4 is 0 Å². The Labute approximate surface area is 75.3 Å². The van der Waals surface area contributed by atoms with Crippen LogP contribution in [0.2, 0.25) is 0 Å². The van der Waals surface area contributed by atoms with Crippen molar-refractivity contribution in [1.82, 2.24) is 0 Å². The van der Waals surface area contributed by atoms with Crippen LogP contribution in [-0.4, -0.2) is 64.8 Å². The summed E-state index contributed by atoms with van der Waals surface area (Å²) in [7, 11) is 1.30. The van der Waals surface area contributed by atoms with Gasteiger partial charge >= 0.3 is 0 Å². The number of hydrogen-bond acceptors (Lipinski definition) is 6. The molecule has 1 aliphatic heterocycles. The Morgan fingerprint density at radius 3 is 2.31 bits per heavy atom. The van der Waals surface area contributed by atoms with E-state index in [0.717, 1.165) is 0 Å². The summed E-state index contributed by atoms with van der Waals surface area (Å²) in [6.45, 7) is -0.440. The lowest BCUT2D eigenvalue weighted by atomic mass is 9.99. The zero-order chi connectivity index (χ0) is 10.0. The molecule has 0 unspecified atom stereocenters. The minimum absolute atomic E-state index is 0.440. The summed E-state index contributed by atoms with van der Waals surface area (Å²) in [5.41, 5.74) is 0. The van der Waals surface area contributed by atoms with E-state index in [1.165, 1.54) is 7.11 Å². The molecule has 0 saturated carbocycles. The van der Waals surface area contributed by atoms with Crippen LogP contribution in [0.5, 0.6) is 0 Å². The van der Waals surface area contributed by atoms with Crippen molar-refractivity contribution < 1.29 is 29.9 Å². The normalized spacial score (nSPS) is 46.4. The van der Waals surface area contributed by atoms with Crippen LogP contribution in [0.15, 0.2) is 0 Å². The Bertz CT molecular complexity index is 163. The van der Waals surface area contributed by atoms with Gasteiger partial charge in [-0.3, -0.25) is 0 Å². The van der Waals surface area contributed by atoms with E-state index in [1.54, 1.807) is 0 Å². The molecule has 6 heteroatoms. The Morgan fingerprint density at radius 2 is 1.85 bits per heavy atom. The molecule has 1 aliphatic rings. The van der Waals surface area contributed by atoms with E-state index in [9.17, 15) is 10.2 Å². The number of ether oxygens (including phenoxy) is 2. The van der Waals surface area contributed by atoms with Crippen molar-refractivity contribution in [3.05, 3.63) is 0 Å². The van der Waals surface area contributed by atoms with Gasteiger partial charge in [0.05, 0.1) is 6.61 Å². The van der Waals surface area contributed by atoms with Crippen LogP contribution in [0.4, 0.5) is 0 Å². The lowest BCUT2D eigenvalue weighted by molar-refractivity contribution is -0.290. The maximum atomic E-state index is 9.44. The van der Waals surface area contributed by atoms with Crippen LogP contribution in [-0.2, 0) is 9.47 Å². The van der Waals surface area contributed by atoms with Crippen LogP contribution in [0.1, 0.15) is 0 Å². The van der Waals surface area contributed by atoms with E-state index >= 15 is 0 Å². The molecule has 1 saturated heterocycles. The monoisotopic (exact) mass is 194 g/mol. The molecule has 0 spiro atoms. The molecule has 1 rings (SSSR count). The third-order valence-corrected chi connectivity index (χ3v) is 2.11. The van der Waals surface area contributed by atoms with Gasteiger partial charge in [0.2, 0.25) is 0 Å². The summed E-state index contributed by atoms with van der Waals surface area (Å²) in [6.07, 6.45) is -5.76. The molecule has 0 aromatic carbocycles. The molecule has 0 aliphatic carbocycles. The van der Waals surface area contributed by atoms with E-state index in [2.05, 4.69) is 0 Å². The highest BCUT2D eigenvalue weighted by Gasteiger charge is 2.43. The predicted molar refractivity (Wildman–Crippen MR) is 40.8 cm³/mol. The summed E-state index contributed by atoms with van der Waals surface area (Å²) < 4.78 is 9.48. The van der Waals surface area contributed by atoms with Crippen LogP contribution in [0.3, 0.4) is 0 Å². The van der Waals surface area contributed by atoms with Gasteiger partial charge in [-0.2, -0.15) is 0 Å². The molecular formula is C7H14O6. The van der Waals surface area contributed by atoms with Gasteiger partial charge in [0.1, 0.15) is 24.4 Å². The van der Waals surface area contributed by atoms with E-state index in [4.69, 9.17) is 19.7 Å². The highest BCUT2D eigenvalue weighted by molar-refractivity contribution is 4.89. The number of aliphatic hydroxyl groups excluding tert-OH is 4. The molecule has 5 atom stereocenters. The van der Waals surface area contributed by atoms with Gasteiger partial charge in [0.25, 0.3) is 0 Å². The third kappa shape index (κ3) is 1.98. The zero-order valence-corrected chi connectivity index (χ0v) is 7.20. The van der Waals surface area contributed by atoms with Crippen molar-refractivity contribution >= 4 is 0 Å². The van der Waals surface area contributed by atoms with Gasteiger partial charge in [0.15, 0.2) is 6.29 Å². The fourth-order valence-corrected chi connectivity index (χ4v) is 1.35. The van der Waals surface area contributed by atoms with Gasteiger partial charge in [-0.25, -0.2) is 0 Å². The highest BCUT2D eigenvalue weighted by atomic mass is 16.6. The van der Waals surface area contributed by atoms with Gasteiger partial charge in [-0.1, -0.05) is 0 Å². The molecular weight excluding hydrogens is 180 g/mol. The minimum atomic E-state index is -1.44. The first-order valence-corrected chi connectivity index (χ1v) is 3.95. The minimum Gasteiger partial charge on any atom is -0.394 e. The molecule has 1 fully saturated rings. The number of hydrogen-bond donors (Lipinski definition) is 4. The van der Waals surface area contributed by atoms with Gasteiger partial charge in [-0.15, -0.1) is 0 Å². The predicted octanol–water partition coefficient (Wildman–Crippen LogP) is -2.57. The van der Waals surface area contributed by atoms with Crippen molar-refractivity contribution in [2.45, 2.75) is 30.7 Å². The van der Waals surface area contributed by atoms with E-state index in [1.807, 2.05) is 0 Å². The maximum Gasteiger partial charge on any atom is 0.184 e. The number of aliphatic hydroxyl groups is 4. The average molecular weight is 194 g/mol. The molecule has 6 nitrogen and oxygen atoms in total. The number of methoxy groups -OCH3 is 1. The second-order valence-corrected chi connectivity index (χ2v) is 2.93. The summed E-state index contributed by atoms with van der Waals surface area (Å²) in [5, 5.41) is 36.6. The maximum absolute atomic E-state index is 9.44. The summed E-state index contributed by atoms with van der Waals surface area (Å²) in [4.78, 5) is 0. The molecule has 0 radical (unpaired) electrons. The van der Waals surface area contributed by atoms with Gasteiger partial charge < -0.3 is 29.9 Å². The standard InChI is InChI=1S/C7H14O6/c1-12-6-4(9)3(2-8)13-7(11)5(6)10/h3-11H,2H2,1H3/t3-,4-,5+,6-,7-/m0/s1. The largest absolute Gasteiger partial charge is 0.394 e. The van der Waals surface area contributed by atoms with Gasteiger partial charge in [0, 0.05) is 7.11 Å². The first-order valence-electron chi connectivity index (χ1n) is 3.95. The Morgan fingerprint density at radius 1 is 1.23 bits per heavy atom. The van der Waals surface area contributed by atoms with Crippen molar-refractivity contribution in [2.75, 3.05) is 13.7 Å². The van der Waals surface area contributed by atoms with Crippen molar-refractivity contribution in [3.8, 4) is 0 Å². The lowest BCUT2D eigenvalue weighted by Gasteiger charge is -2.39. The number of rotatable bonds is 2. The molecule has 0 bridgehead atoms. The second kappa shape index (κ2) is 4.32. The topological polar surface area (TPSA) is 99.4 Å². The first-order chi connectivity index (χ1) is 6.11. The SMILES string of the molecule is CO[C@H]1[C@@H](O)[C@H](CO)O[C@H](O)[C@@H]1O. The molecule has 0 aromatic heterocycles. The molecule has 13 heavy (non-hydrogen) atoms. The van der Waals surface area contributed by atoms with Crippen molar-refractivity contribution in [1.29, 1.82) is 0 Å². The summed E-state index contributed by atoms with van der Waals surface area (Å²) in [6, 6.07) is 0. The molecule has 0 aromatic rings. The molecule has 1 heterocycles. The zero-order valence-electron chi connectivity index (χ0n) is 7.20. The van der Waals surface area contributed by atoms with Crippen LogP contribution in [0.25, 0.3) is 0 Å². The first kappa shape index (κ1) is 10.8. The van der Waals surface area contributed by atoms with Crippen molar-refractivity contribution in [3.63, 3.8) is 0 Å². The quantitative estimate of drug-likeness (QED) is 0.386. The molecule has 78 valence electrons. The summed E-state index contributed by atoms with van der Waals surface area (Å²) >= 11 is 0. The fourth-order valence-electron chi connectivity index (χ4n) is 1.35. The smallest absolute Gasteiger partial charge is 0.184 e. The lowest BCUT2D eigenvalue weighted by Crippen LogP contribution is -2.59. The van der Waals surface area contributed by atoms with E-state index < -0.39 is 37.3 Å². The van der Waals surface area contributed by atoms with Crippen LogP contribution >= 0.6 is 0 Å². The Kier molecular flexibility index (Phi) is 3.60. The van der Waals surface area contributed by atoms with E-state index in [-0.39, 0.29) is 0 Å². The second-order valence-electron chi connectivity index (χ2n) is 2.93. The fraction of sp³-hybridized carbons (Fsp3) is 1.00. The van der Waals surface area contributed by atoms with Gasteiger partial charge in [-0.05, 0) is 0 Å². The Balaban J connectivity index is 2.69. The molecule has 4 N–H and O–H groups in total. The third-order valence-electron chi connectivity index (χ3n) is 2.11. The Hall–Kier alpha value is -0.240. The average Bonchev–Trinajstić information content (AvgIpc) is 2.12. The van der Waals surface area contributed by atoms with Crippen LogP contribution in [0, 0.1) is 0 Å². The highest BCUT2D eigenvalue weighted by Crippen LogP contribution is 2.21. The van der Waals surface area contributed by atoms with Crippen molar-refractivity contribution in [2.24, 2.45) is 0 Å².